The van der Waals surface area contributed by atoms with Gasteiger partial charge in [-0.25, -0.2) is 4.98 Å². The van der Waals surface area contributed by atoms with Crippen LogP contribution in [0.4, 0.5) is 5.69 Å². The van der Waals surface area contributed by atoms with Crippen LogP contribution in [0.2, 0.25) is 0 Å². The molecule has 1 aliphatic carbocycles. The van der Waals surface area contributed by atoms with Crippen molar-refractivity contribution in [2.45, 2.75) is 26.2 Å². The maximum atomic E-state index is 13.2. The summed E-state index contributed by atoms with van der Waals surface area (Å²) in [4.78, 5) is 22.4. The molecule has 1 amide bonds. The molecule has 27 heavy (non-hydrogen) atoms. The number of anilines is 1. The van der Waals surface area contributed by atoms with E-state index in [9.17, 15) is 4.79 Å². The average Bonchev–Trinajstić information content (AvgIpc) is 3.23. The van der Waals surface area contributed by atoms with E-state index in [0.717, 1.165) is 63.7 Å². The Balaban J connectivity index is 1.60. The summed E-state index contributed by atoms with van der Waals surface area (Å²) in [7, 11) is 1.87. The van der Waals surface area contributed by atoms with E-state index in [-0.39, 0.29) is 5.91 Å². The fraction of sp³-hybridized carbons (Fsp3) is 0.238. The highest BCUT2D eigenvalue weighted by atomic mass is 16.1. The topological polar surface area (TPSA) is 72.7 Å². The van der Waals surface area contributed by atoms with Crippen molar-refractivity contribution in [1.29, 1.82) is 0 Å². The zero-order chi connectivity index (χ0) is 18.5. The van der Waals surface area contributed by atoms with Gasteiger partial charge in [-0.3, -0.25) is 14.5 Å². The standard InChI is InChI=1S/C21H19N5O/c1-12-16-10-13(11-22-20(16)26(2)25-12)23-21(27)19-14-6-3-4-8-17(14)24-18-9-5-7-15(18)19/h3-4,6,8,10-11H,5,7,9H2,1-2H3,(H,23,27). The predicted octanol–water partition coefficient (Wildman–Crippen LogP) is 3.57. The van der Waals surface area contributed by atoms with Gasteiger partial charge >= 0.3 is 0 Å². The van der Waals surface area contributed by atoms with Crippen LogP contribution in [0.15, 0.2) is 36.5 Å². The quantitative estimate of drug-likeness (QED) is 0.595. The second-order valence-corrected chi connectivity index (χ2v) is 7.04. The summed E-state index contributed by atoms with van der Waals surface area (Å²) in [6, 6.07) is 9.79. The van der Waals surface area contributed by atoms with Crippen molar-refractivity contribution < 1.29 is 4.79 Å². The minimum atomic E-state index is -0.102. The molecule has 0 saturated heterocycles. The molecule has 0 radical (unpaired) electrons. The summed E-state index contributed by atoms with van der Waals surface area (Å²) >= 11 is 0. The summed E-state index contributed by atoms with van der Waals surface area (Å²) in [5, 5.41) is 9.28. The molecule has 0 unspecified atom stereocenters. The molecule has 0 atom stereocenters. The number of carbonyl (C=O) groups is 1. The summed E-state index contributed by atoms with van der Waals surface area (Å²) < 4.78 is 1.75. The fourth-order valence-electron chi connectivity index (χ4n) is 4.04. The Hall–Kier alpha value is -3.28. The van der Waals surface area contributed by atoms with Crippen LogP contribution >= 0.6 is 0 Å². The largest absolute Gasteiger partial charge is 0.321 e. The molecule has 134 valence electrons. The molecule has 4 aromatic rings. The van der Waals surface area contributed by atoms with Gasteiger partial charge in [-0.2, -0.15) is 5.10 Å². The Kier molecular flexibility index (Phi) is 3.47. The van der Waals surface area contributed by atoms with Crippen molar-refractivity contribution in [2.75, 3.05) is 5.32 Å². The monoisotopic (exact) mass is 357 g/mol. The van der Waals surface area contributed by atoms with Gasteiger partial charge in [-0.15, -0.1) is 0 Å². The number of amides is 1. The summed E-state index contributed by atoms with van der Waals surface area (Å²) in [5.41, 5.74) is 6.13. The smallest absolute Gasteiger partial charge is 0.256 e. The highest BCUT2D eigenvalue weighted by molar-refractivity contribution is 6.14. The van der Waals surface area contributed by atoms with Crippen molar-refractivity contribution in [2.24, 2.45) is 7.05 Å². The molecule has 3 aromatic heterocycles. The Bertz CT molecular complexity index is 1220. The van der Waals surface area contributed by atoms with E-state index >= 15 is 0 Å². The van der Waals surface area contributed by atoms with Crippen LogP contribution in [0.5, 0.6) is 0 Å². The molecule has 0 aliphatic heterocycles. The van der Waals surface area contributed by atoms with Gasteiger partial charge in [0, 0.05) is 23.5 Å². The number of para-hydroxylation sites is 1. The molecule has 0 bridgehead atoms. The van der Waals surface area contributed by atoms with Gasteiger partial charge in [-0.05, 0) is 43.9 Å². The van der Waals surface area contributed by atoms with Gasteiger partial charge < -0.3 is 5.32 Å². The van der Waals surface area contributed by atoms with Crippen molar-refractivity contribution in [3.05, 3.63) is 59.0 Å². The minimum Gasteiger partial charge on any atom is -0.321 e. The highest BCUT2D eigenvalue weighted by Crippen LogP contribution is 2.30. The lowest BCUT2D eigenvalue weighted by Gasteiger charge is -2.12. The maximum absolute atomic E-state index is 13.2. The molecule has 5 rings (SSSR count). The number of hydrogen-bond donors (Lipinski definition) is 1. The van der Waals surface area contributed by atoms with Crippen LogP contribution in [0, 0.1) is 6.92 Å². The van der Waals surface area contributed by atoms with Crippen LogP contribution in [0.1, 0.15) is 33.7 Å². The molecule has 0 fully saturated rings. The third-order valence-corrected chi connectivity index (χ3v) is 5.27. The second-order valence-electron chi connectivity index (χ2n) is 7.04. The first-order valence-electron chi connectivity index (χ1n) is 9.13. The van der Waals surface area contributed by atoms with Crippen molar-refractivity contribution in [1.82, 2.24) is 19.7 Å². The first kappa shape index (κ1) is 15.9. The molecule has 0 saturated carbocycles. The molecular weight excluding hydrogens is 338 g/mol. The van der Waals surface area contributed by atoms with Gasteiger partial charge in [0.05, 0.1) is 28.7 Å². The number of carbonyl (C=O) groups excluding carboxylic acids is 1. The van der Waals surface area contributed by atoms with Gasteiger partial charge in [0.25, 0.3) is 5.91 Å². The van der Waals surface area contributed by atoms with Crippen LogP contribution in [-0.4, -0.2) is 25.7 Å². The SMILES string of the molecule is Cc1nn(C)c2ncc(NC(=O)c3c4c(nc5ccccc35)CCC4)cc12. The number of aromatic nitrogens is 4. The Morgan fingerprint density at radius 2 is 2.04 bits per heavy atom. The number of benzene rings is 1. The van der Waals surface area contributed by atoms with E-state index in [0.29, 0.717) is 5.69 Å². The van der Waals surface area contributed by atoms with Crippen LogP contribution in [0.3, 0.4) is 0 Å². The second kappa shape index (κ2) is 5.87. The maximum Gasteiger partial charge on any atom is 0.256 e. The fourth-order valence-corrected chi connectivity index (χ4v) is 4.04. The molecule has 0 spiro atoms. The number of aryl methyl sites for hydroxylation is 3. The van der Waals surface area contributed by atoms with E-state index in [2.05, 4.69) is 15.4 Å². The highest BCUT2D eigenvalue weighted by Gasteiger charge is 2.24. The van der Waals surface area contributed by atoms with Crippen LogP contribution in [0.25, 0.3) is 21.9 Å². The average molecular weight is 357 g/mol. The van der Waals surface area contributed by atoms with Crippen molar-refractivity contribution >= 4 is 33.5 Å². The van der Waals surface area contributed by atoms with E-state index in [1.807, 2.05) is 44.3 Å². The lowest BCUT2D eigenvalue weighted by molar-refractivity contribution is 0.102. The number of rotatable bonds is 2. The summed E-state index contributed by atoms with van der Waals surface area (Å²) in [6.07, 6.45) is 4.56. The third kappa shape index (κ3) is 2.48. The third-order valence-electron chi connectivity index (χ3n) is 5.27. The predicted molar refractivity (Wildman–Crippen MR) is 105 cm³/mol. The number of hydrogen-bond acceptors (Lipinski definition) is 4. The first-order valence-corrected chi connectivity index (χ1v) is 9.13. The minimum absolute atomic E-state index is 0.102. The lowest BCUT2D eigenvalue weighted by Crippen LogP contribution is -2.16. The van der Waals surface area contributed by atoms with Gasteiger partial charge in [0.15, 0.2) is 5.65 Å². The molecule has 1 aliphatic rings. The Morgan fingerprint density at radius 3 is 2.93 bits per heavy atom. The van der Waals surface area contributed by atoms with E-state index in [4.69, 9.17) is 4.98 Å². The number of fused-ring (bicyclic) bond motifs is 3. The zero-order valence-electron chi connectivity index (χ0n) is 15.3. The van der Waals surface area contributed by atoms with Gasteiger partial charge in [-0.1, -0.05) is 18.2 Å². The Morgan fingerprint density at radius 1 is 1.19 bits per heavy atom. The molecule has 3 heterocycles. The summed E-state index contributed by atoms with van der Waals surface area (Å²) in [5.74, 6) is -0.102. The number of pyridine rings is 2. The lowest BCUT2D eigenvalue weighted by atomic mass is 10.0. The molecule has 6 heteroatoms. The van der Waals surface area contributed by atoms with Crippen molar-refractivity contribution in [3.63, 3.8) is 0 Å². The van der Waals surface area contributed by atoms with Crippen LogP contribution in [-0.2, 0) is 19.9 Å². The zero-order valence-corrected chi connectivity index (χ0v) is 15.3. The van der Waals surface area contributed by atoms with Crippen LogP contribution < -0.4 is 5.32 Å². The first-order chi connectivity index (χ1) is 13.1. The van der Waals surface area contributed by atoms with Gasteiger partial charge in [0.1, 0.15) is 0 Å². The normalized spacial score (nSPS) is 13.3. The van der Waals surface area contributed by atoms with E-state index in [1.165, 1.54) is 0 Å². The molecular formula is C21H19N5O. The molecule has 1 N–H and O–H groups in total. The summed E-state index contributed by atoms with van der Waals surface area (Å²) in [6.45, 7) is 1.94. The van der Waals surface area contributed by atoms with E-state index < -0.39 is 0 Å². The molecule has 1 aromatic carbocycles. The number of nitrogens with one attached hydrogen (secondary N) is 1. The molecule has 6 nitrogen and oxygen atoms in total. The van der Waals surface area contributed by atoms with Crippen molar-refractivity contribution in [3.8, 4) is 0 Å². The Labute approximate surface area is 156 Å². The number of nitrogens with zero attached hydrogens (tertiary/aromatic N) is 4. The van der Waals surface area contributed by atoms with Gasteiger partial charge in [0.2, 0.25) is 0 Å². The van der Waals surface area contributed by atoms with E-state index in [1.54, 1.807) is 10.9 Å².